The molecule has 1 aromatic heterocycles. The molecular weight excluding hydrogens is 224 g/mol. The number of rotatable bonds is 3. The molecule has 0 atom stereocenters. The predicted molar refractivity (Wildman–Crippen MR) is 72.9 cm³/mol. The van der Waals surface area contributed by atoms with E-state index in [1.54, 1.807) is 0 Å². The van der Waals surface area contributed by atoms with Crippen molar-refractivity contribution in [1.29, 1.82) is 0 Å². The standard InChI is InChI=1S/C15H18N2O/c1-10-13(9-16-2)8-14(17-10)11-3-4-15-12(7-11)5-6-18-15/h3-4,7-8,16-17H,5-6,9H2,1-2H3. The molecule has 1 aliphatic heterocycles. The van der Waals surface area contributed by atoms with Crippen LogP contribution >= 0.6 is 0 Å². The summed E-state index contributed by atoms with van der Waals surface area (Å²) in [5.41, 5.74) is 6.30. The Balaban J connectivity index is 1.97. The summed E-state index contributed by atoms with van der Waals surface area (Å²) < 4.78 is 5.54. The highest BCUT2D eigenvalue weighted by atomic mass is 16.5. The third-order valence-corrected chi connectivity index (χ3v) is 3.49. The zero-order valence-electron chi connectivity index (χ0n) is 10.8. The number of ether oxygens (including phenoxy) is 1. The molecule has 3 rings (SSSR count). The van der Waals surface area contributed by atoms with Gasteiger partial charge in [0.25, 0.3) is 0 Å². The number of hydrogen-bond acceptors (Lipinski definition) is 2. The highest BCUT2D eigenvalue weighted by Crippen LogP contribution is 2.30. The van der Waals surface area contributed by atoms with Crippen LogP contribution in [0.15, 0.2) is 24.3 Å². The zero-order valence-corrected chi connectivity index (χ0v) is 10.8. The van der Waals surface area contributed by atoms with Gasteiger partial charge >= 0.3 is 0 Å². The number of aromatic nitrogens is 1. The topological polar surface area (TPSA) is 37.0 Å². The van der Waals surface area contributed by atoms with Crippen LogP contribution in [-0.4, -0.2) is 18.6 Å². The van der Waals surface area contributed by atoms with Crippen LogP contribution in [0.3, 0.4) is 0 Å². The fraction of sp³-hybridized carbons (Fsp3) is 0.333. The Hall–Kier alpha value is -1.74. The Morgan fingerprint density at radius 1 is 1.33 bits per heavy atom. The van der Waals surface area contributed by atoms with E-state index in [2.05, 4.69) is 41.5 Å². The van der Waals surface area contributed by atoms with E-state index in [0.717, 1.165) is 25.3 Å². The second-order valence-corrected chi connectivity index (χ2v) is 4.78. The van der Waals surface area contributed by atoms with E-state index in [1.165, 1.54) is 28.1 Å². The minimum absolute atomic E-state index is 0.813. The van der Waals surface area contributed by atoms with Gasteiger partial charge in [-0.1, -0.05) is 0 Å². The number of hydrogen-bond donors (Lipinski definition) is 2. The van der Waals surface area contributed by atoms with Crippen LogP contribution in [-0.2, 0) is 13.0 Å². The van der Waals surface area contributed by atoms with Gasteiger partial charge in [0.2, 0.25) is 0 Å². The van der Waals surface area contributed by atoms with Gasteiger partial charge in [-0.05, 0) is 54.9 Å². The van der Waals surface area contributed by atoms with Gasteiger partial charge in [0.05, 0.1) is 6.61 Å². The predicted octanol–water partition coefficient (Wildman–Crippen LogP) is 2.64. The lowest BCUT2D eigenvalue weighted by molar-refractivity contribution is 0.357. The number of H-pyrrole nitrogens is 1. The summed E-state index contributed by atoms with van der Waals surface area (Å²) in [6.45, 7) is 3.83. The molecule has 0 saturated carbocycles. The van der Waals surface area contributed by atoms with E-state index < -0.39 is 0 Å². The van der Waals surface area contributed by atoms with Crippen molar-refractivity contribution in [1.82, 2.24) is 10.3 Å². The maximum Gasteiger partial charge on any atom is 0.122 e. The fourth-order valence-electron chi connectivity index (χ4n) is 2.48. The Morgan fingerprint density at radius 2 is 2.22 bits per heavy atom. The van der Waals surface area contributed by atoms with Crippen LogP contribution in [0, 0.1) is 6.92 Å². The van der Waals surface area contributed by atoms with E-state index >= 15 is 0 Å². The smallest absolute Gasteiger partial charge is 0.122 e. The summed E-state index contributed by atoms with van der Waals surface area (Å²) >= 11 is 0. The van der Waals surface area contributed by atoms with Gasteiger partial charge in [0, 0.05) is 24.4 Å². The molecule has 0 unspecified atom stereocenters. The van der Waals surface area contributed by atoms with Gasteiger partial charge in [0.1, 0.15) is 5.75 Å². The minimum Gasteiger partial charge on any atom is -0.493 e. The van der Waals surface area contributed by atoms with Crippen molar-refractivity contribution in [2.75, 3.05) is 13.7 Å². The van der Waals surface area contributed by atoms with E-state index in [0.29, 0.717) is 0 Å². The van der Waals surface area contributed by atoms with Crippen LogP contribution in [0.5, 0.6) is 5.75 Å². The average molecular weight is 242 g/mol. The van der Waals surface area contributed by atoms with Gasteiger partial charge in [-0.3, -0.25) is 0 Å². The molecule has 0 fully saturated rings. The lowest BCUT2D eigenvalue weighted by atomic mass is 10.1. The molecule has 0 aliphatic carbocycles. The van der Waals surface area contributed by atoms with Crippen LogP contribution in [0.1, 0.15) is 16.8 Å². The maximum atomic E-state index is 5.54. The van der Waals surface area contributed by atoms with Crippen LogP contribution in [0.25, 0.3) is 11.3 Å². The van der Waals surface area contributed by atoms with Crippen molar-refractivity contribution in [3.8, 4) is 17.0 Å². The second kappa shape index (κ2) is 4.50. The molecule has 2 N–H and O–H groups in total. The molecule has 3 nitrogen and oxygen atoms in total. The lowest BCUT2D eigenvalue weighted by Gasteiger charge is -2.02. The summed E-state index contributed by atoms with van der Waals surface area (Å²) in [6, 6.07) is 8.66. The summed E-state index contributed by atoms with van der Waals surface area (Å²) in [5, 5.41) is 3.19. The zero-order chi connectivity index (χ0) is 12.5. The van der Waals surface area contributed by atoms with E-state index in [-0.39, 0.29) is 0 Å². The Morgan fingerprint density at radius 3 is 3.06 bits per heavy atom. The molecule has 1 aliphatic rings. The Labute approximate surface area is 107 Å². The molecule has 0 bridgehead atoms. The molecule has 0 saturated heterocycles. The van der Waals surface area contributed by atoms with Gasteiger partial charge in [0.15, 0.2) is 0 Å². The molecular formula is C15H18N2O. The third kappa shape index (κ3) is 1.91. The average Bonchev–Trinajstić information content (AvgIpc) is 2.96. The number of benzene rings is 1. The first-order chi connectivity index (χ1) is 8.78. The largest absolute Gasteiger partial charge is 0.493 e. The van der Waals surface area contributed by atoms with Crippen molar-refractivity contribution in [2.45, 2.75) is 19.9 Å². The lowest BCUT2D eigenvalue weighted by Crippen LogP contribution is -2.04. The van der Waals surface area contributed by atoms with E-state index in [4.69, 9.17) is 4.74 Å². The van der Waals surface area contributed by atoms with Crippen molar-refractivity contribution in [3.05, 3.63) is 41.1 Å². The third-order valence-electron chi connectivity index (χ3n) is 3.49. The molecule has 0 spiro atoms. The normalized spacial score (nSPS) is 13.4. The van der Waals surface area contributed by atoms with Gasteiger partial charge in [-0.25, -0.2) is 0 Å². The molecule has 94 valence electrons. The van der Waals surface area contributed by atoms with Crippen LogP contribution in [0.4, 0.5) is 0 Å². The van der Waals surface area contributed by atoms with Crippen molar-refractivity contribution in [3.63, 3.8) is 0 Å². The minimum atomic E-state index is 0.813. The number of fused-ring (bicyclic) bond motifs is 1. The van der Waals surface area contributed by atoms with Crippen molar-refractivity contribution in [2.24, 2.45) is 0 Å². The van der Waals surface area contributed by atoms with Gasteiger partial charge in [-0.15, -0.1) is 0 Å². The first-order valence-corrected chi connectivity index (χ1v) is 6.37. The molecule has 18 heavy (non-hydrogen) atoms. The van der Waals surface area contributed by atoms with Crippen molar-refractivity contribution < 1.29 is 4.74 Å². The molecule has 2 heterocycles. The molecule has 2 aromatic rings. The molecule has 0 amide bonds. The SMILES string of the molecule is CNCc1cc(-c2ccc3c(c2)CCO3)[nH]c1C. The number of aryl methyl sites for hydroxylation is 1. The second-order valence-electron chi connectivity index (χ2n) is 4.78. The van der Waals surface area contributed by atoms with Crippen LogP contribution in [0.2, 0.25) is 0 Å². The van der Waals surface area contributed by atoms with Gasteiger partial charge in [-0.2, -0.15) is 0 Å². The molecule has 0 radical (unpaired) electrons. The quantitative estimate of drug-likeness (QED) is 0.868. The molecule has 1 aromatic carbocycles. The summed E-state index contributed by atoms with van der Waals surface area (Å²) in [6.07, 6.45) is 1.02. The molecule has 3 heteroatoms. The monoisotopic (exact) mass is 242 g/mol. The van der Waals surface area contributed by atoms with Crippen molar-refractivity contribution >= 4 is 0 Å². The fourth-order valence-corrected chi connectivity index (χ4v) is 2.48. The Kier molecular flexibility index (Phi) is 2.84. The number of nitrogens with one attached hydrogen (secondary N) is 2. The summed E-state index contributed by atoms with van der Waals surface area (Å²) in [5.74, 6) is 1.04. The summed E-state index contributed by atoms with van der Waals surface area (Å²) in [4.78, 5) is 3.46. The Bertz CT molecular complexity index is 572. The highest BCUT2D eigenvalue weighted by molar-refractivity contribution is 5.64. The first kappa shape index (κ1) is 11.4. The number of aromatic amines is 1. The first-order valence-electron chi connectivity index (χ1n) is 6.37. The maximum absolute atomic E-state index is 5.54. The van der Waals surface area contributed by atoms with Crippen LogP contribution < -0.4 is 10.1 Å². The summed E-state index contributed by atoms with van der Waals surface area (Å²) in [7, 11) is 1.97. The van der Waals surface area contributed by atoms with Gasteiger partial charge < -0.3 is 15.0 Å². The van der Waals surface area contributed by atoms with E-state index in [1.807, 2.05) is 7.05 Å². The highest BCUT2D eigenvalue weighted by Gasteiger charge is 2.13. The van der Waals surface area contributed by atoms with E-state index in [9.17, 15) is 0 Å².